The third-order valence-electron chi connectivity index (χ3n) is 7.44. The Morgan fingerprint density at radius 2 is 1.65 bits per heavy atom. The van der Waals surface area contributed by atoms with Gasteiger partial charge in [0.05, 0.1) is 22.0 Å². The topological polar surface area (TPSA) is 102 Å². The van der Waals surface area contributed by atoms with Gasteiger partial charge in [-0.05, 0) is 87.8 Å². The molecule has 0 spiro atoms. The molecule has 166 valence electrons. The van der Waals surface area contributed by atoms with Crippen LogP contribution in [0.4, 0.5) is 6.01 Å². The van der Waals surface area contributed by atoms with Crippen LogP contribution in [0.25, 0.3) is 0 Å². The first-order chi connectivity index (χ1) is 14.7. The number of aromatic nitrogens is 2. The number of benzene rings is 1. The average Bonchev–Trinajstić information content (AvgIpc) is 3.14. The lowest BCUT2D eigenvalue weighted by atomic mass is 9.49. The second kappa shape index (κ2) is 7.43. The molecule has 1 N–H and O–H groups in total. The smallest absolute Gasteiger partial charge is 0.322 e. The summed E-state index contributed by atoms with van der Waals surface area (Å²) in [5.74, 6) is 2.50. The first kappa shape index (κ1) is 20.7. The first-order valence-corrected chi connectivity index (χ1v) is 12.7. The SMILES string of the molecule is CC(C)S(=O)(=O)c1ccc(Cc2nnc(NC(=O)C34CC5CC(CC(C5)C3)C4)o2)cc1. The number of rotatable bonds is 6. The van der Waals surface area contributed by atoms with E-state index in [1.807, 2.05) is 0 Å². The number of nitrogens with one attached hydrogen (secondary N) is 1. The maximum absolute atomic E-state index is 13.1. The molecule has 0 radical (unpaired) electrons. The minimum Gasteiger partial charge on any atom is -0.407 e. The zero-order valence-corrected chi connectivity index (χ0v) is 18.8. The molecule has 4 aliphatic carbocycles. The number of sulfone groups is 1. The molecule has 1 aromatic carbocycles. The van der Waals surface area contributed by atoms with Crippen molar-refractivity contribution >= 4 is 21.8 Å². The van der Waals surface area contributed by atoms with Crippen LogP contribution in [0.15, 0.2) is 33.6 Å². The summed E-state index contributed by atoms with van der Waals surface area (Å²) >= 11 is 0. The Labute approximate surface area is 182 Å². The van der Waals surface area contributed by atoms with E-state index in [9.17, 15) is 13.2 Å². The highest BCUT2D eigenvalue weighted by atomic mass is 32.2. The number of carbonyl (C=O) groups excluding carboxylic acids is 1. The van der Waals surface area contributed by atoms with E-state index in [0.29, 0.717) is 35.0 Å². The summed E-state index contributed by atoms with van der Waals surface area (Å²) in [5, 5.41) is 10.5. The van der Waals surface area contributed by atoms with E-state index < -0.39 is 15.1 Å². The lowest BCUT2D eigenvalue weighted by molar-refractivity contribution is -0.140. The van der Waals surface area contributed by atoms with Gasteiger partial charge in [-0.2, -0.15) is 0 Å². The maximum atomic E-state index is 13.1. The van der Waals surface area contributed by atoms with E-state index in [-0.39, 0.29) is 17.3 Å². The summed E-state index contributed by atoms with van der Waals surface area (Å²) in [6.45, 7) is 3.34. The first-order valence-electron chi connectivity index (χ1n) is 11.2. The summed E-state index contributed by atoms with van der Waals surface area (Å²) in [6, 6.07) is 6.88. The fourth-order valence-electron chi connectivity index (χ4n) is 6.24. The van der Waals surface area contributed by atoms with E-state index in [0.717, 1.165) is 24.8 Å². The van der Waals surface area contributed by atoms with Gasteiger partial charge in [0.25, 0.3) is 0 Å². The standard InChI is InChI=1S/C23H29N3O4S/c1-14(2)31(28,29)19-5-3-15(4-6-19)10-20-25-26-22(30-20)24-21(27)23-11-16-7-17(12-23)9-18(8-16)13-23/h3-6,14,16-18H,7-13H2,1-2H3,(H,24,26,27). The Bertz CT molecular complexity index is 1050. The van der Waals surface area contributed by atoms with E-state index in [1.54, 1.807) is 38.1 Å². The molecule has 4 saturated carbocycles. The molecule has 31 heavy (non-hydrogen) atoms. The van der Waals surface area contributed by atoms with Crippen LogP contribution in [0.5, 0.6) is 0 Å². The summed E-state index contributed by atoms with van der Waals surface area (Å²) < 4.78 is 30.2. The van der Waals surface area contributed by atoms with Gasteiger partial charge >= 0.3 is 6.01 Å². The molecule has 4 bridgehead atoms. The van der Waals surface area contributed by atoms with Crippen molar-refractivity contribution in [3.8, 4) is 0 Å². The molecular formula is C23H29N3O4S. The van der Waals surface area contributed by atoms with Gasteiger partial charge < -0.3 is 4.42 Å². The van der Waals surface area contributed by atoms with Gasteiger partial charge in [-0.1, -0.05) is 17.2 Å². The van der Waals surface area contributed by atoms with Crippen LogP contribution in [-0.2, 0) is 21.1 Å². The molecule has 1 aromatic heterocycles. The van der Waals surface area contributed by atoms with Crippen LogP contribution in [0, 0.1) is 23.2 Å². The Balaban J connectivity index is 1.24. The van der Waals surface area contributed by atoms with Crippen molar-refractivity contribution in [1.29, 1.82) is 0 Å². The van der Waals surface area contributed by atoms with Crippen molar-refractivity contribution in [3.63, 3.8) is 0 Å². The Hall–Kier alpha value is -2.22. The van der Waals surface area contributed by atoms with Crippen LogP contribution >= 0.6 is 0 Å². The lowest BCUT2D eigenvalue weighted by Crippen LogP contribution is -2.51. The predicted molar refractivity (Wildman–Crippen MR) is 115 cm³/mol. The largest absolute Gasteiger partial charge is 0.407 e. The second-order valence-electron chi connectivity index (χ2n) is 10.1. The maximum Gasteiger partial charge on any atom is 0.322 e. The Morgan fingerprint density at radius 3 is 2.19 bits per heavy atom. The second-order valence-corrected chi connectivity index (χ2v) is 12.6. The number of anilines is 1. The summed E-state index contributed by atoms with van der Waals surface area (Å²) in [4.78, 5) is 13.4. The fourth-order valence-corrected chi connectivity index (χ4v) is 7.30. The van der Waals surface area contributed by atoms with E-state index in [2.05, 4.69) is 15.5 Å². The molecule has 1 heterocycles. The van der Waals surface area contributed by atoms with Gasteiger partial charge in [0.2, 0.25) is 11.8 Å². The highest BCUT2D eigenvalue weighted by molar-refractivity contribution is 7.92. The molecule has 0 aliphatic heterocycles. The molecule has 8 heteroatoms. The lowest BCUT2D eigenvalue weighted by Gasteiger charge is -2.55. The number of nitrogens with zero attached hydrogens (tertiary/aromatic N) is 2. The van der Waals surface area contributed by atoms with Gasteiger partial charge in [-0.15, -0.1) is 5.10 Å². The van der Waals surface area contributed by atoms with Crippen LogP contribution in [0.2, 0.25) is 0 Å². The van der Waals surface area contributed by atoms with Crippen molar-refractivity contribution in [1.82, 2.24) is 10.2 Å². The van der Waals surface area contributed by atoms with Gasteiger partial charge in [-0.3, -0.25) is 10.1 Å². The molecule has 0 saturated heterocycles. The Kier molecular flexibility index (Phi) is 4.95. The number of carbonyl (C=O) groups is 1. The summed E-state index contributed by atoms with van der Waals surface area (Å²) in [5.41, 5.74) is 0.603. The summed E-state index contributed by atoms with van der Waals surface area (Å²) in [7, 11) is -3.29. The van der Waals surface area contributed by atoms with Crippen LogP contribution in [0.3, 0.4) is 0 Å². The van der Waals surface area contributed by atoms with Crippen molar-refractivity contribution in [3.05, 3.63) is 35.7 Å². The van der Waals surface area contributed by atoms with E-state index >= 15 is 0 Å². The highest BCUT2D eigenvalue weighted by Gasteiger charge is 2.54. The molecular weight excluding hydrogens is 414 g/mol. The number of hydrogen-bond donors (Lipinski definition) is 1. The van der Waals surface area contributed by atoms with Gasteiger partial charge in [0.15, 0.2) is 9.84 Å². The summed E-state index contributed by atoms with van der Waals surface area (Å²) in [6.07, 6.45) is 7.19. The monoisotopic (exact) mass is 443 g/mol. The normalized spacial score (nSPS) is 29.5. The third kappa shape index (κ3) is 3.79. The van der Waals surface area contributed by atoms with Gasteiger partial charge in [0, 0.05) is 0 Å². The minimum atomic E-state index is -3.29. The van der Waals surface area contributed by atoms with Crippen molar-refractivity contribution in [2.24, 2.45) is 23.2 Å². The van der Waals surface area contributed by atoms with E-state index in [4.69, 9.17) is 4.42 Å². The average molecular weight is 444 g/mol. The Morgan fingerprint density at radius 1 is 1.06 bits per heavy atom. The zero-order valence-electron chi connectivity index (χ0n) is 18.0. The van der Waals surface area contributed by atoms with Crippen molar-refractivity contribution in [2.45, 2.75) is 68.9 Å². The quantitative estimate of drug-likeness (QED) is 0.724. The molecule has 4 fully saturated rings. The third-order valence-corrected chi connectivity index (χ3v) is 9.61. The molecule has 6 rings (SSSR count). The molecule has 0 unspecified atom stereocenters. The fraction of sp³-hybridized carbons (Fsp3) is 0.609. The number of amides is 1. The van der Waals surface area contributed by atoms with E-state index in [1.165, 1.54) is 19.3 Å². The van der Waals surface area contributed by atoms with Crippen molar-refractivity contribution < 1.29 is 17.6 Å². The molecule has 1 amide bonds. The molecule has 7 nitrogen and oxygen atoms in total. The molecule has 0 atom stereocenters. The van der Waals surface area contributed by atoms with Crippen LogP contribution < -0.4 is 5.32 Å². The number of hydrogen-bond acceptors (Lipinski definition) is 6. The predicted octanol–water partition coefficient (Wildman–Crippen LogP) is 4.00. The zero-order chi connectivity index (χ0) is 21.8. The van der Waals surface area contributed by atoms with Crippen LogP contribution in [-0.4, -0.2) is 29.8 Å². The minimum absolute atomic E-state index is 0.0324. The van der Waals surface area contributed by atoms with Gasteiger partial charge in [-0.25, -0.2) is 8.42 Å². The van der Waals surface area contributed by atoms with Gasteiger partial charge in [0.1, 0.15) is 0 Å². The molecule has 2 aromatic rings. The highest BCUT2D eigenvalue weighted by Crippen LogP contribution is 2.60. The molecule has 4 aliphatic rings. The van der Waals surface area contributed by atoms with Crippen molar-refractivity contribution in [2.75, 3.05) is 5.32 Å². The van der Waals surface area contributed by atoms with Crippen LogP contribution in [0.1, 0.15) is 63.8 Å².